The molecule has 0 atom stereocenters. The van der Waals surface area contributed by atoms with Gasteiger partial charge >= 0.3 is 0 Å². The fourth-order valence-corrected chi connectivity index (χ4v) is 2.05. The molecule has 0 aliphatic rings. The average Bonchev–Trinajstić information content (AvgIpc) is 2.52. The molecule has 0 saturated heterocycles. The van der Waals surface area contributed by atoms with Crippen LogP contribution in [-0.4, -0.2) is 7.11 Å². The molecule has 0 N–H and O–H groups in total. The molecular formula is C17H16ClNO2. The van der Waals surface area contributed by atoms with E-state index in [9.17, 15) is 0 Å². The van der Waals surface area contributed by atoms with Crippen LogP contribution in [0.5, 0.6) is 11.5 Å². The first-order valence-electron chi connectivity index (χ1n) is 6.64. The molecule has 3 nitrogen and oxygen atoms in total. The molecule has 0 aromatic heterocycles. The van der Waals surface area contributed by atoms with E-state index < -0.39 is 0 Å². The number of hydrogen-bond acceptors (Lipinski definition) is 3. The summed E-state index contributed by atoms with van der Waals surface area (Å²) in [7, 11) is 1.61. The number of hydrogen-bond donors (Lipinski definition) is 0. The monoisotopic (exact) mass is 301 g/mol. The van der Waals surface area contributed by atoms with E-state index in [4.69, 9.17) is 26.3 Å². The number of aryl methyl sites for hydroxylation is 1. The normalized spacial score (nSPS) is 9.95. The van der Waals surface area contributed by atoms with Crippen molar-refractivity contribution in [2.45, 2.75) is 19.4 Å². The maximum Gasteiger partial charge on any atom is 0.161 e. The Kier molecular flexibility index (Phi) is 5.48. The van der Waals surface area contributed by atoms with Crippen LogP contribution in [0.3, 0.4) is 0 Å². The molecule has 0 spiro atoms. The van der Waals surface area contributed by atoms with Gasteiger partial charge in [0.05, 0.1) is 13.2 Å². The highest BCUT2D eigenvalue weighted by molar-refractivity contribution is 6.30. The third-order valence-corrected chi connectivity index (χ3v) is 3.31. The van der Waals surface area contributed by atoms with Crippen LogP contribution in [0.25, 0.3) is 0 Å². The highest BCUT2D eigenvalue weighted by Crippen LogP contribution is 2.29. The number of halogens is 1. The minimum atomic E-state index is 0.449. The van der Waals surface area contributed by atoms with Gasteiger partial charge in [0.25, 0.3) is 0 Å². The van der Waals surface area contributed by atoms with Crippen molar-refractivity contribution in [1.29, 1.82) is 5.26 Å². The fourth-order valence-electron chi connectivity index (χ4n) is 1.93. The van der Waals surface area contributed by atoms with Gasteiger partial charge in [-0.1, -0.05) is 29.8 Å². The van der Waals surface area contributed by atoms with E-state index in [-0.39, 0.29) is 0 Å². The van der Waals surface area contributed by atoms with E-state index in [1.54, 1.807) is 7.11 Å². The Hall–Kier alpha value is -2.18. The van der Waals surface area contributed by atoms with Gasteiger partial charge in [-0.15, -0.1) is 0 Å². The molecule has 108 valence electrons. The quantitative estimate of drug-likeness (QED) is 0.795. The first-order valence-corrected chi connectivity index (χ1v) is 7.02. The van der Waals surface area contributed by atoms with Crippen LogP contribution < -0.4 is 9.47 Å². The molecule has 0 fully saturated rings. The smallest absolute Gasteiger partial charge is 0.161 e. The third kappa shape index (κ3) is 4.40. The second-order valence-electron chi connectivity index (χ2n) is 4.56. The molecule has 0 saturated carbocycles. The van der Waals surface area contributed by atoms with E-state index in [2.05, 4.69) is 6.07 Å². The molecular weight excluding hydrogens is 286 g/mol. The second-order valence-corrected chi connectivity index (χ2v) is 4.99. The summed E-state index contributed by atoms with van der Waals surface area (Å²) in [6, 6.07) is 15.4. The van der Waals surface area contributed by atoms with Gasteiger partial charge in [0.1, 0.15) is 6.61 Å². The molecule has 0 aliphatic carbocycles. The predicted octanol–water partition coefficient (Wildman–Crippen LogP) is 4.38. The average molecular weight is 302 g/mol. The van der Waals surface area contributed by atoms with Crippen molar-refractivity contribution in [3.8, 4) is 17.6 Å². The van der Waals surface area contributed by atoms with E-state index in [0.717, 1.165) is 11.1 Å². The first kappa shape index (κ1) is 15.2. The van der Waals surface area contributed by atoms with E-state index in [1.165, 1.54) is 0 Å². The summed E-state index contributed by atoms with van der Waals surface area (Å²) >= 11 is 5.85. The fraction of sp³-hybridized carbons (Fsp3) is 0.235. The number of nitriles is 1. The summed E-state index contributed by atoms with van der Waals surface area (Å²) in [5.41, 5.74) is 2.10. The number of ether oxygens (including phenoxy) is 2. The van der Waals surface area contributed by atoms with Crippen LogP contribution in [0, 0.1) is 11.3 Å². The lowest BCUT2D eigenvalue weighted by molar-refractivity contribution is 0.284. The zero-order chi connectivity index (χ0) is 15.1. The first-order chi connectivity index (χ1) is 10.2. The van der Waals surface area contributed by atoms with Crippen molar-refractivity contribution in [2.75, 3.05) is 7.11 Å². The lowest BCUT2D eigenvalue weighted by Crippen LogP contribution is -1.98. The SMILES string of the molecule is COc1cc(CCC#N)ccc1OCc1ccc(Cl)cc1. The molecule has 0 unspecified atom stereocenters. The van der Waals surface area contributed by atoms with Gasteiger partial charge in [-0.2, -0.15) is 5.26 Å². The van der Waals surface area contributed by atoms with Crippen LogP contribution in [0.15, 0.2) is 42.5 Å². The Morgan fingerprint density at radius 3 is 2.43 bits per heavy atom. The van der Waals surface area contributed by atoms with E-state index in [1.807, 2.05) is 42.5 Å². The van der Waals surface area contributed by atoms with Crippen molar-refractivity contribution in [1.82, 2.24) is 0 Å². The van der Waals surface area contributed by atoms with Gasteiger partial charge in [0, 0.05) is 11.4 Å². The molecule has 4 heteroatoms. The summed E-state index contributed by atoms with van der Waals surface area (Å²) in [4.78, 5) is 0. The Balaban J connectivity index is 2.05. The van der Waals surface area contributed by atoms with Gasteiger partial charge in [0.15, 0.2) is 11.5 Å². The highest BCUT2D eigenvalue weighted by atomic mass is 35.5. The third-order valence-electron chi connectivity index (χ3n) is 3.06. The molecule has 0 amide bonds. The minimum Gasteiger partial charge on any atom is -0.493 e. The molecule has 21 heavy (non-hydrogen) atoms. The Bertz CT molecular complexity index is 632. The predicted molar refractivity (Wildman–Crippen MR) is 82.7 cm³/mol. The molecule has 0 aliphatic heterocycles. The van der Waals surface area contributed by atoms with Crippen molar-refractivity contribution >= 4 is 11.6 Å². The van der Waals surface area contributed by atoms with Crippen molar-refractivity contribution < 1.29 is 9.47 Å². The molecule has 0 radical (unpaired) electrons. The van der Waals surface area contributed by atoms with Crippen molar-refractivity contribution in [2.24, 2.45) is 0 Å². The van der Waals surface area contributed by atoms with Crippen LogP contribution in [-0.2, 0) is 13.0 Å². The number of nitrogens with zero attached hydrogens (tertiary/aromatic N) is 1. The van der Waals surface area contributed by atoms with Gasteiger partial charge in [-0.25, -0.2) is 0 Å². The zero-order valence-corrected chi connectivity index (χ0v) is 12.6. The van der Waals surface area contributed by atoms with Gasteiger partial charge < -0.3 is 9.47 Å². The molecule has 2 aromatic carbocycles. The zero-order valence-electron chi connectivity index (χ0n) is 11.8. The van der Waals surface area contributed by atoms with Crippen molar-refractivity contribution in [3.63, 3.8) is 0 Å². The Morgan fingerprint density at radius 1 is 1.05 bits per heavy atom. The summed E-state index contributed by atoms with van der Waals surface area (Å²) in [6.45, 7) is 0.449. The van der Waals surface area contributed by atoms with E-state index in [0.29, 0.717) is 36.0 Å². The van der Waals surface area contributed by atoms with Gasteiger partial charge in [0.2, 0.25) is 0 Å². The summed E-state index contributed by atoms with van der Waals surface area (Å²) in [5.74, 6) is 1.37. The van der Waals surface area contributed by atoms with Crippen LogP contribution in [0.2, 0.25) is 5.02 Å². The number of rotatable bonds is 6. The second kappa shape index (κ2) is 7.56. The van der Waals surface area contributed by atoms with Crippen LogP contribution in [0.1, 0.15) is 17.5 Å². The van der Waals surface area contributed by atoms with E-state index >= 15 is 0 Å². The summed E-state index contributed by atoms with van der Waals surface area (Å²) in [5, 5.41) is 9.33. The Morgan fingerprint density at radius 2 is 1.76 bits per heavy atom. The molecule has 0 bridgehead atoms. The number of methoxy groups -OCH3 is 1. The minimum absolute atomic E-state index is 0.449. The summed E-state index contributed by atoms with van der Waals surface area (Å²) in [6.07, 6.45) is 1.21. The summed E-state index contributed by atoms with van der Waals surface area (Å²) < 4.78 is 11.1. The van der Waals surface area contributed by atoms with Crippen molar-refractivity contribution in [3.05, 3.63) is 58.6 Å². The lowest BCUT2D eigenvalue weighted by Gasteiger charge is -2.12. The Labute approximate surface area is 129 Å². The standard InChI is InChI=1S/C17H16ClNO2/c1-20-17-11-13(3-2-10-19)6-9-16(17)21-12-14-4-7-15(18)8-5-14/h4-9,11H,2-3,12H2,1H3. The topological polar surface area (TPSA) is 42.2 Å². The lowest BCUT2D eigenvalue weighted by atomic mass is 10.1. The van der Waals surface area contributed by atoms with Gasteiger partial charge in [-0.3, -0.25) is 0 Å². The van der Waals surface area contributed by atoms with Crippen LogP contribution >= 0.6 is 11.6 Å². The maximum absolute atomic E-state index is 8.62. The largest absolute Gasteiger partial charge is 0.493 e. The number of benzene rings is 2. The van der Waals surface area contributed by atoms with Gasteiger partial charge in [-0.05, 0) is 41.8 Å². The highest BCUT2D eigenvalue weighted by Gasteiger charge is 2.06. The molecule has 2 rings (SSSR count). The maximum atomic E-state index is 8.62. The molecule has 0 heterocycles. The van der Waals surface area contributed by atoms with Crippen LogP contribution in [0.4, 0.5) is 0 Å². The molecule has 2 aromatic rings.